The topological polar surface area (TPSA) is 34.2 Å². The summed E-state index contributed by atoms with van der Waals surface area (Å²) in [5.41, 5.74) is 3.04. The van der Waals surface area contributed by atoms with Crippen LogP contribution in [-0.4, -0.2) is 4.98 Å². The van der Waals surface area contributed by atoms with Crippen molar-refractivity contribution in [2.24, 2.45) is 0 Å². The standard InChI is InChI=1S/C18H15BrN2O/c19-17-11-16(21-15-9-5-2-6-10-15)12-20-18(17)22-13-14-7-3-1-4-8-14/h1-12,21H,13H2. The normalized spacial score (nSPS) is 10.2. The molecule has 0 atom stereocenters. The molecule has 3 rings (SSSR count). The predicted molar refractivity (Wildman–Crippen MR) is 92.4 cm³/mol. The van der Waals surface area contributed by atoms with E-state index in [2.05, 4.69) is 26.2 Å². The quantitative estimate of drug-likeness (QED) is 0.686. The molecule has 0 aliphatic carbocycles. The van der Waals surface area contributed by atoms with E-state index in [1.165, 1.54) is 0 Å². The molecular weight excluding hydrogens is 340 g/mol. The van der Waals surface area contributed by atoms with Crippen molar-refractivity contribution in [1.82, 2.24) is 4.98 Å². The van der Waals surface area contributed by atoms with Crippen molar-refractivity contribution in [2.45, 2.75) is 6.61 Å². The maximum Gasteiger partial charge on any atom is 0.228 e. The molecule has 0 spiro atoms. The van der Waals surface area contributed by atoms with Gasteiger partial charge in [-0.3, -0.25) is 0 Å². The molecule has 3 nitrogen and oxygen atoms in total. The molecule has 0 bridgehead atoms. The van der Waals surface area contributed by atoms with E-state index in [9.17, 15) is 0 Å². The first kappa shape index (κ1) is 14.6. The Morgan fingerprint density at radius 3 is 2.27 bits per heavy atom. The van der Waals surface area contributed by atoms with E-state index in [4.69, 9.17) is 4.74 Å². The maximum absolute atomic E-state index is 5.74. The van der Waals surface area contributed by atoms with Crippen LogP contribution in [0, 0.1) is 0 Å². The van der Waals surface area contributed by atoms with E-state index in [1.807, 2.05) is 66.7 Å². The van der Waals surface area contributed by atoms with Crippen LogP contribution >= 0.6 is 15.9 Å². The highest BCUT2D eigenvalue weighted by Gasteiger charge is 2.05. The molecule has 0 fully saturated rings. The van der Waals surface area contributed by atoms with Crippen LogP contribution < -0.4 is 10.1 Å². The van der Waals surface area contributed by atoms with Crippen LogP contribution in [0.4, 0.5) is 11.4 Å². The average Bonchev–Trinajstić information content (AvgIpc) is 2.56. The van der Waals surface area contributed by atoms with Gasteiger partial charge in [-0.25, -0.2) is 4.98 Å². The third kappa shape index (κ3) is 3.86. The zero-order valence-electron chi connectivity index (χ0n) is 11.9. The molecule has 3 aromatic rings. The van der Waals surface area contributed by atoms with Crippen LogP contribution in [0.1, 0.15) is 5.56 Å². The lowest BCUT2D eigenvalue weighted by molar-refractivity contribution is 0.292. The number of aromatic nitrogens is 1. The Bertz CT molecular complexity index is 733. The zero-order chi connectivity index (χ0) is 15.2. The van der Waals surface area contributed by atoms with Gasteiger partial charge in [-0.15, -0.1) is 0 Å². The largest absolute Gasteiger partial charge is 0.472 e. The molecule has 0 aliphatic rings. The molecule has 0 saturated carbocycles. The van der Waals surface area contributed by atoms with Crippen LogP contribution in [-0.2, 0) is 6.61 Å². The summed E-state index contributed by atoms with van der Waals surface area (Å²) in [6.45, 7) is 0.498. The number of nitrogens with one attached hydrogen (secondary N) is 1. The molecule has 4 heteroatoms. The zero-order valence-corrected chi connectivity index (χ0v) is 13.5. The summed E-state index contributed by atoms with van der Waals surface area (Å²) >= 11 is 3.51. The molecule has 0 amide bonds. The fraction of sp³-hybridized carbons (Fsp3) is 0.0556. The fourth-order valence-corrected chi connectivity index (χ4v) is 2.48. The van der Waals surface area contributed by atoms with Gasteiger partial charge in [0.15, 0.2) is 0 Å². The summed E-state index contributed by atoms with van der Waals surface area (Å²) in [6, 6.07) is 22.0. The summed E-state index contributed by atoms with van der Waals surface area (Å²) in [5, 5.41) is 3.30. The summed E-state index contributed by atoms with van der Waals surface area (Å²) in [6.07, 6.45) is 1.76. The van der Waals surface area contributed by atoms with E-state index >= 15 is 0 Å². The number of pyridine rings is 1. The average molecular weight is 355 g/mol. The van der Waals surface area contributed by atoms with Crippen molar-refractivity contribution in [3.8, 4) is 5.88 Å². The number of para-hydroxylation sites is 1. The molecule has 0 unspecified atom stereocenters. The first-order chi connectivity index (χ1) is 10.8. The third-order valence-electron chi connectivity index (χ3n) is 3.09. The number of hydrogen-bond acceptors (Lipinski definition) is 3. The van der Waals surface area contributed by atoms with Gasteiger partial charge in [0, 0.05) is 5.69 Å². The lowest BCUT2D eigenvalue weighted by Gasteiger charge is -2.10. The molecule has 1 heterocycles. The van der Waals surface area contributed by atoms with Crippen LogP contribution in [0.3, 0.4) is 0 Å². The van der Waals surface area contributed by atoms with Gasteiger partial charge in [0.1, 0.15) is 6.61 Å². The number of rotatable bonds is 5. The highest BCUT2D eigenvalue weighted by molar-refractivity contribution is 9.10. The van der Waals surface area contributed by atoms with Gasteiger partial charge in [0.05, 0.1) is 16.4 Å². The van der Waals surface area contributed by atoms with E-state index in [-0.39, 0.29) is 0 Å². The number of hydrogen-bond donors (Lipinski definition) is 1. The third-order valence-corrected chi connectivity index (χ3v) is 3.66. The SMILES string of the molecule is Brc1cc(Nc2ccccc2)cnc1OCc1ccccc1. The van der Waals surface area contributed by atoms with E-state index < -0.39 is 0 Å². The second-order valence-electron chi connectivity index (χ2n) is 4.78. The fourth-order valence-electron chi connectivity index (χ4n) is 2.01. The van der Waals surface area contributed by atoms with Gasteiger partial charge in [-0.2, -0.15) is 0 Å². The lowest BCUT2D eigenvalue weighted by Crippen LogP contribution is -1.99. The Kier molecular flexibility index (Phi) is 4.71. The van der Waals surface area contributed by atoms with Gasteiger partial charge in [-0.1, -0.05) is 48.5 Å². The van der Waals surface area contributed by atoms with Crippen LogP contribution in [0.15, 0.2) is 77.4 Å². The molecule has 0 radical (unpaired) electrons. The van der Waals surface area contributed by atoms with Crippen molar-refractivity contribution in [3.63, 3.8) is 0 Å². The Labute approximate surface area is 138 Å². The van der Waals surface area contributed by atoms with E-state index in [1.54, 1.807) is 6.20 Å². The summed E-state index contributed by atoms with van der Waals surface area (Å²) in [4.78, 5) is 4.36. The Morgan fingerprint density at radius 2 is 1.59 bits per heavy atom. The Balaban J connectivity index is 1.67. The van der Waals surface area contributed by atoms with Gasteiger partial charge >= 0.3 is 0 Å². The number of halogens is 1. The lowest BCUT2D eigenvalue weighted by atomic mass is 10.2. The molecule has 0 saturated heterocycles. The smallest absolute Gasteiger partial charge is 0.228 e. The van der Waals surface area contributed by atoms with E-state index in [0.29, 0.717) is 12.5 Å². The molecular formula is C18H15BrN2O. The van der Waals surface area contributed by atoms with Crippen LogP contribution in [0.2, 0.25) is 0 Å². The van der Waals surface area contributed by atoms with Gasteiger partial charge in [0.2, 0.25) is 5.88 Å². The number of ether oxygens (including phenoxy) is 1. The molecule has 1 aromatic heterocycles. The van der Waals surface area contributed by atoms with Crippen molar-refractivity contribution in [2.75, 3.05) is 5.32 Å². The summed E-state index contributed by atoms with van der Waals surface area (Å²) in [7, 11) is 0. The Morgan fingerprint density at radius 1 is 0.909 bits per heavy atom. The maximum atomic E-state index is 5.74. The second kappa shape index (κ2) is 7.09. The van der Waals surface area contributed by atoms with Crippen molar-refractivity contribution in [3.05, 3.63) is 83.0 Å². The minimum atomic E-state index is 0.498. The van der Waals surface area contributed by atoms with Gasteiger partial charge in [0.25, 0.3) is 0 Å². The molecule has 22 heavy (non-hydrogen) atoms. The molecule has 0 aliphatic heterocycles. The second-order valence-corrected chi connectivity index (χ2v) is 5.63. The van der Waals surface area contributed by atoms with Gasteiger partial charge in [-0.05, 0) is 39.7 Å². The van der Waals surface area contributed by atoms with Crippen molar-refractivity contribution in [1.29, 1.82) is 0 Å². The van der Waals surface area contributed by atoms with E-state index in [0.717, 1.165) is 21.4 Å². The van der Waals surface area contributed by atoms with Gasteiger partial charge < -0.3 is 10.1 Å². The molecule has 2 aromatic carbocycles. The highest BCUT2D eigenvalue weighted by Crippen LogP contribution is 2.27. The minimum absolute atomic E-state index is 0.498. The number of nitrogens with zero attached hydrogens (tertiary/aromatic N) is 1. The van der Waals surface area contributed by atoms with Crippen LogP contribution in [0.25, 0.3) is 0 Å². The number of anilines is 2. The first-order valence-electron chi connectivity index (χ1n) is 6.95. The first-order valence-corrected chi connectivity index (χ1v) is 7.75. The van der Waals surface area contributed by atoms with Crippen molar-refractivity contribution >= 4 is 27.3 Å². The summed E-state index contributed by atoms with van der Waals surface area (Å²) < 4.78 is 6.57. The predicted octanol–water partition coefficient (Wildman–Crippen LogP) is 5.17. The highest BCUT2D eigenvalue weighted by atomic mass is 79.9. The monoisotopic (exact) mass is 354 g/mol. The summed E-state index contributed by atoms with van der Waals surface area (Å²) in [5.74, 6) is 0.586. The Hall–Kier alpha value is -2.33. The minimum Gasteiger partial charge on any atom is -0.472 e. The van der Waals surface area contributed by atoms with Crippen molar-refractivity contribution < 1.29 is 4.74 Å². The number of benzene rings is 2. The molecule has 1 N–H and O–H groups in total. The molecule has 110 valence electrons. The van der Waals surface area contributed by atoms with Crippen LogP contribution in [0.5, 0.6) is 5.88 Å².